The molecule has 2 aromatic heterocycles. The zero-order valence-electron chi connectivity index (χ0n) is 12.5. The van der Waals surface area contributed by atoms with E-state index < -0.39 is 0 Å². The summed E-state index contributed by atoms with van der Waals surface area (Å²) < 4.78 is 4.10. The normalized spacial score (nSPS) is 10.8. The van der Waals surface area contributed by atoms with Crippen LogP contribution in [-0.2, 0) is 13.6 Å². The van der Waals surface area contributed by atoms with Crippen LogP contribution in [-0.4, -0.2) is 19.3 Å². The van der Waals surface area contributed by atoms with Crippen LogP contribution in [0.25, 0.3) is 5.69 Å². The van der Waals surface area contributed by atoms with Crippen LogP contribution in [0.2, 0.25) is 0 Å². The molecule has 21 heavy (non-hydrogen) atoms. The zero-order chi connectivity index (χ0) is 14.8. The Morgan fingerprint density at radius 3 is 2.52 bits per heavy atom. The summed E-state index contributed by atoms with van der Waals surface area (Å²) in [7, 11) is 2.10. The van der Waals surface area contributed by atoms with E-state index in [0.29, 0.717) is 0 Å². The highest BCUT2D eigenvalue weighted by Crippen LogP contribution is 2.18. The predicted molar refractivity (Wildman–Crippen MR) is 83.6 cm³/mol. The standard InChI is InChI=1S/C16H19N5/c1-12-7-14(13(2)20(12)3)9-17-15-5-4-6-16(8-15)21-10-18-19-11-21/h4-8,10-11,17H,9H2,1-3H3. The second-order valence-corrected chi connectivity index (χ2v) is 5.23. The van der Waals surface area contributed by atoms with Gasteiger partial charge in [-0.2, -0.15) is 0 Å². The molecule has 0 saturated carbocycles. The van der Waals surface area contributed by atoms with Gasteiger partial charge >= 0.3 is 0 Å². The first-order valence-electron chi connectivity index (χ1n) is 6.96. The second kappa shape index (κ2) is 5.44. The van der Waals surface area contributed by atoms with Gasteiger partial charge in [0.1, 0.15) is 12.7 Å². The van der Waals surface area contributed by atoms with Crippen molar-refractivity contribution in [2.24, 2.45) is 7.05 Å². The average molecular weight is 281 g/mol. The lowest BCUT2D eigenvalue weighted by Gasteiger charge is -2.09. The number of aromatic nitrogens is 4. The van der Waals surface area contributed by atoms with E-state index in [0.717, 1.165) is 17.9 Å². The third-order valence-corrected chi connectivity index (χ3v) is 3.93. The molecule has 108 valence electrons. The Labute approximate surface area is 124 Å². The van der Waals surface area contributed by atoms with Crippen molar-refractivity contribution in [3.63, 3.8) is 0 Å². The molecule has 0 atom stereocenters. The van der Waals surface area contributed by atoms with Crippen LogP contribution >= 0.6 is 0 Å². The number of aryl methyl sites for hydroxylation is 1. The van der Waals surface area contributed by atoms with Gasteiger partial charge in [0, 0.05) is 30.7 Å². The molecule has 0 bridgehead atoms. The Morgan fingerprint density at radius 2 is 1.86 bits per heavy atom. The van der Waals surface area contributed by atoms with Crippen LogP contribution in [0.4, 0.5) is 5.69 Å². The largest absolute Gasteiger partial charge is 0.381 e. The highest BCUT2D eigenvalue weighted by Gasteiger charge is 2.06. The van der Waals surface area contributed by atoms with Gasteiger partial charge in [0.25, 0.3) is 0 Å². The summed E-state index contributed by atoms with van der Waals surface area (Å²) in [4.78, 5) is 0. The van der Waals surface area contributed by atoms with Crippen molar-refractivity contribution >= 4 is 5.69 Å². The van der Waals surface area contributed by atoms with Crippen LogP contribution in [0.15, 0.2) is 43.0 Å². The van der Waals surface area contributed by atoms with Crippen LogP contribution < -0.4 is 5.32 Å². The van der Waals surface area contributed by atoms with E-state index in [-0.39, 0.29) is 0 Å². The molecule has 1 aromatic carbocycles. The molecule has 0 aliphatic carbocycles. The highest BCUT2D eigenvalue weighted by atomic mass is 15.2. The Morgan fingerprint density at radius 1 is 1.10 bits per heavy atom. The summed E-state index contributed by atoms with van der Waals surface area (Å²) in [5.41, 5.74) is 6.04. The van der Waals surface area contributed by atoms with E-state index in [1.54, 1.807) is 12.7 Å². The molecular weight excluding hydrogens is 262 g/mol. The van der Waals surface area contributed by atoms with E-state index >= 15 is 0 Å². The molecule has 0 spiro atoms. The minimum Gasteiger partial charge on any atom is -0.381 e. The smallest absolute Gasteiger partial charge is 0.123 e. The molecule has 3 rings (SSSR count). The van der Waals surface area contributed by atoms with E-state index in [4.69, 9.17) is 0 Å². The van der Waals surface area contributed by atoms with E-state index in [1.807, 2.05) is 16.7 Å². The molecular formula is C16H19N5. The third kappa shape index (κ3) is 2.67. The lowest BCUT2D eigenvalue weighted by atomic mass is 10.2. The lowest BCUT2D eigenvalue weighted by molar-refractivity contribution is 0.837. The SMILES string of the molecule is Cc1cc(CNc2cccc(-n3cnnc3)c2)c(C)n1C. The number of nitrogens with one attached hydrogen (secondary N) is 1. The van der Waals surface area contributed by atoms with Gasteiger partial charge in [-0.25, -0.2) is 0 Å². The number of benzene rings is 1. The quantitative estimate of drug-likeness (QED) is 0.800. The maximum Gasteiger partial charge on any atom is 0.123 e. The molecule has 1 N–H and O–H groups in total. The minimum absolute atomic E-state index is 0.819. The van der Waals surface area contributed by atoms with Crippen LogP contribution in [0, 0.1) is 13.8 Å². The van der Waals surface area contributed by atoms with Crippen LogP contribution in [0.3, 0.4) is 0 Å². The molecule has 5 nitrogen and oxygen atoms in total. The maximum absolute atomic E-state index is 3.84. The van der Waals surface area contributed by atoms with Gasteiger partial charge < -0.3 is 9.88 Å². The summed E-state index contributed by atoms with van der Waals surface area (Å²) in [6.45, 7) is 5.10. The molecule has 0 aliphatic heterocycles. The molecule has 2 heterocycles. The van der Waals surface area contributed by atoms with E-state index in [9.17, 15) is 0 Å². The summed E-state index contributed by atoms with van der Waals surface area (Å²) >= 11 is 0. The van der Waals surface area contributed by atoms with Crippen molar-refractivity contribution in [3.8, 4) is 5.69 Å². The van der Waals surface area contributed by atoms with Gasteiger partial charge in [0.15, 0.2) is 0 Å². The third-order valence-electron chi connectivity index (χ3n) is 3.93. The fourth-order valence-corrected chi connectivity index (χ4v) is 2.42. The van der Waals surface area contributed by atoms with Crippen molar-refractivity contribution in [1.29, 1.82) is 0 Å². The molecule has 0 fully saturated rings. The highest BCUT2D eigenvalue weighted by molar-refractivity contribution is 5.51. The van der Waals surface area contributed by atoms with Gasteiger partial charge in [0.2, 0.25) is 0 Å². The van der Waals surface area contributed by atoms with Crippen molar-refractivity contribution in [3.05, 3.63) is 59.9 Å². The van der Waals surface area contributed by atoms with Gasteiger partial charge in [-0.05, 0) is 43.7 Å². The van der Waals surface area contributed by atoms with Crippen molar-refractivity contribution < 1.29 is 0 Å². The Kier molecular flexibility index (Phi) is 3.48. The van der Waals surface area contributed by atoms with Crippen molar-refractivity contribution in [1.82, 2.24) is 19.3 Å². The Balaban J connectivity index is 1.76. The molecule has 0 amide bonds. The monoisotopic (exact) mass is 281 g/mol. The summed E-state index contributed by atoms with van der Waals surface area (Å²) in [5, 5.41) is 11.1. The Hall–Kier alpha value is -2.56. The Bertz CT molecular complexity index is 740. The molecule has 0 aliphatic rings. The van der Waals surface area contributed by atoms with E-state index in [2.05, 4.69) is 59.2 Å². The fraction of sp³-hybridized carbons (Fsp3) is 0.250. The molecule has 0 radical (unpaired) electrons. The van der Waals surface area contributed by atoms with Gasteiger partial charge in [-0.3, -0.25) is 4.57 Å². The minimum atomic E-state index is 0.819. The summed E-state index contributed by atoms with van der Waals surface area (Å²) in [6, 6.07) is 10.5. The van der Waals surface area contributed by atoms with Gasteiger partial charge in [-0.1, -0.05) is 6.07 Å². The van der Waals surface area contributed by atoms with Gasteiger partial charge in [-0.15, -0.1) is 10.2 Å². The first kappa shape index (κ1) is 13.4. The van der Waals surface area contributed by atoms with Gasteiger partial charge in [0.05, 0.1) is 5.69 Å². The predicted octanol–water partition coefficient (Wildman–Crippen LogP) is 2.83. The zero-order valence-corrected chi connectivity index (χ0v) is 12.5. The number of rotatable bonds is 4. The summed E-state index contributed by atoms with van der Waals surface area (Å²) in [5.74, 6) is 0. The molecule has 3 aromatic rings. The number of hydrogen-bond acceptors (Lipinski definition) is 3. The molecule has 0 unspecified atom stereocenters. The van der Waals surface area contributed by atoms with E-state index in [1.165, 1.54) is 17.0 Å². The molecule has 0 saturated heterocycles. The first-order chi connectivity index (χ1) is 10.1. The lowest BCUT2D eigenvalue weighted by Crippen LogP contribution is -2.02. The van der Waals surface area contributed by atoms with Crippen molar-refractivity contribution in [2.75, 3.05) is 5.32 Å². The molecule has 5 heteroatoms. The maximum atomic E-state index is 3.84. The first-order valence-corrected chi connectivity index (χ1v) is 6.96. The number of anilines is 1. The average Bonchev–Trinajstić information content (AvgIpc) is 3.11. The number of hydrogen-bond donors (Lipinski definition) is 1. The van der Waals surface area contributed by atoms with Crippen LogP contribution in [0.1, 0.15) is 17.0 Å². The topological polar surface area (TPSA) is 47.7 Å². The second-order valence-electron chi connectivity index (χ2n) is 5.23. The van der Waals surface area contributed by atoms with Crippen LogP contribution in [0.5, 0.6) is 0 Å². The fourth-order valence-electron chi connectivity index (χ4n) is 2.42. The van der Waals surface area contributed by atoms with Crippen molar-refractivity contribution in [2.45, 2.75) is 20.4 Å². The summed E-state index contributed by atoms with van der Waals surface area (Å²) in [6.07, 6.45) is 3.40. The number of nitrogens with zero attached hydrogens (tertiary/aromatic N) is 4.